The van der Waals surface area contributed by atoms with Gasteiger partial charge in [0.15, 0.2) is 0 Å². The van der Waals surface area contributed by atoms with Gasteiger partial charge in [-0.2, -0.15) is 0 Å². The van der Waals surface area contributed by atoms with Crippen molar-refractivity contribution in [2.75, 3.05) is 0 Å². The summed E-state index contributed by atoms with van der Waals surface area (Å²) in [6.07, 6.45) is -2.36. The average molecular weight is 161 g/mol. The summed E-state index contributed by atoms with van der Waals surface area (Å²) in [5.74, 6) is -0.0385. The molecule has 1 rings (SSSR count). The number of aliphatic hydroxyl groups excluding tert-OH is 3. The van der Waals surface area contributed by atoms with Crippen LogP contribution >= 0.6 is 0 Å². The lowest BCUT2D eigenvalue weighted by molar-refractivity contribution is -0.114. The Hall–Kier alpha value is -0.160. The molecule has 0 spiro atoms. The molecule has 11 heavy (non-hydrogen) atoms. The molecule has 0 heterocycles. The molecule has 4 nitrogen and oxygen atoms in total. The molecular formula is C7H15NO3. The summed E-state index contributed by atoms with van der Waals surface area (Å²) >= 11 is 0. The minimum atomic E-state index is -1.09. The van der Waals surface area contributed by atoms with Crippen LogP contribution in [0.25, 0.3) is 0 Å². The number of rotatable bonds is 0. The minimum Gasteiger partial charge on any atom is -0.390 e. The van der Waals surface area contributed by atoms with Crippen LogP contribution in [0.4, 0.5) is 0 Å². The van der Waals surface area contributed by atoms with Gasteiger partial charge in [0.1, 0.15) is 6.10 Å². The van der Waals surface area contributed by atoms with Gasteiger partial charge in [0, 0.05) is 6.04 Å². The van der Waals surface area contributed by atoms with E-state index in [1.807, 2.05) is 0 Å². The zero-order valence-corrected chi connectivity index (χ0v) is 6.51. The molecular weight excluding hydrogens is 146 g/mol. The maximum absolute atomic E-state index is 9.27. The molecule has 0 amide bonds. The Labute approximate surface area is 65.6 Å². The summed E-state index contributed by atoms with van der Waals surface area (Å²) in [5, 5.41) is 27.7. The highest BCUT2D eigenvalue weighted by Gasteiger charge is 2.38. The Morgan fingerprint density at radius 1 is 1.09 bits per heavy atom. The maximum atomic E-state index is 9.27. The van der Waals surface area contributed by atoms with Gasteiger partial charge >= 0.3 is 0 Å². The molecule has 1 fully saturated rings. The van der Waals surface area contributed by atoms with Crippen LogP contribution < -0.4 is 5.73 Å². The summed E-state index contributed by atoms with van der Waals surface area (Å²) in [6.45, 7) is 1.81. The summed E-state index contributed by atoms with van der Waals surface area (Å²) in [4.78, 5) is 0. The highest BCUT2D eigenvalue weighted by atomic mass is 16.4. The van der Waals surface area contributed by atoms with E-state index in [9.17, 15) is 15.3 Å². The Morgan fingerprint density at radius 3 is 2.18 bits per heavy atom. The Balaban J connectivity index is 2.63. The quantitative estimate of drug-likeness (QED) is 0.346. The first-order valence-corrected chi connectivity index (χ1v) is 3.84. The summed E-state index contributed by atoms with van der Waals surface area (Å²) < 4.78 is 0. The van der Waals surface area contributed by atoms with Gasteiger partial charge in [-0.15, -0.1) is 0 Å². The molecule has 1 aliphatic rings. The first kappa shape index (κ1) is 8.93. The molecule has 0 bridgehead atoms. The van der Waals surface area contributed by atoms with Crippen molar-refractivity contribution < 1.29 is 15.3 Å². The standard InChI is InChI=1S/C7H15NO3/c1-3-2-4(8)6(10)7(11)5(3)9/h3-7,9-11H,2,8H2,1H3/t3-,4-,5-,6+,7+/m1/s1. The van der Waals surface area contributed by atoms with Gasteiger partial charge < -0.3 is 21.1 Å². The SMILES string of the molecule is C[C@@H]1C[C@@H](N)[C@H](O)[C@@H](O)[C@@H]1O. The molecule has 0 aromatic rings. The van der Waals surface area contributed by atoms with E-state index in [4.69, 9.17) is 5.73 Å². The average Bonchev–Trinajstić information content (AvgIpc) is 1.97. The molecule has 0 aromatic heterocycles. The number of nitrogens with two attached hydrogens (primary N) is 1. The fourth-order valence-electron chi connectivity index (χ4n) is 1.50. The number of aliphatic hydroxyl groups is 3. The van der Waals surface area contributed by atoms with Crippen molar-refractivity contribution in [3.05, 3.63) is 0 Å². The van der Waals surface area contributed by atoms with Crippen molar-refractivity contribution in [1.82, 2.24) is 0 Å². The second-order valence-electron chi connectivity index (χ2n) is 3.35. The zero-order valence-electron chi connectivity index (χ0n) is 6.51. The second-order valence-corrected chi connectivity index (χ2v) is 3.35. The van der Waals surface area contributed by atoms with E-state index in [1.54, 1.807) is 6.92 Å². The molecule has 1 saturated carbocycles. The molecule has 5 atom stereocenters. The van der Waals surface area contributed by atoms with Gasteiger partial charge in [0.2, 0.25) is 0 Å². The molecule has 0 aromatic carbocycles. The summed E-state index contributed by atoms with van der Waals surface area (Å²) in [7, 11) is 0. The van der Waals surface area contributed by atoms with Gasteiger partial charge in [-0.1, -0.05) is 6.92 Å². The van der Waals surface area contributed by atoms with Crippen LogP contribution in [0.15, 0.2) is 0 Å². The van der Waals surface area contributed by atoms with Gasteiger partial charge in [-0.25, -0.2) is 0 Å². The molecule has 4 heteroatoms. The van der Waals surface area contributed by atoms with Crippen LogP contribution in [0, 0.1) is 5.92 Å². The summed E-state index contributed by atoms with van der Waals surface area (Å²) in [6, 6.07) is -0.414. The highest BCUT2D eigenvalue weighted by Crippen LogP contribution is 2.23. The van der Waals surface area contributed by atoms with Gasteiger partial charge in [-0.3, -0.25) is 0 Å². The van der Waals surface area contributed by atoms with E-state index >= 15 is 0 Å². The number of hydrogen-bond acceptors (Lipinski definition) is 4. The molecule has 0 saturated heterocycles. The molecule has 1 aliphatic carbocycles. The molecule has 0 unspecified atom stereocenters. The van der Waals surface area contributed by atoms with Gasteiger partial charge in [-0.05, 0) is 12.3 Å². The van der Waals surface area contributed by atoms with E-state index in [0.717, 1.165) is 0 Å². The normalized spacial score (nSPS) is 52.6. The minimum absolute atomic E-state index is 0.0385. The van der Waals surface area contributed by atoms with Crippen molar-refractivity contribution in [2.24, 2.45) is 11.7 Å². The molecule has 0 aliphatic heterocycles. The van der Waals surface area contributed by atoms with Gasteiger partial charge in [0.25, 0.3) is 0 Å². The lowest BCUT2D eigenvalue weighted by atomic mass is 9.81. The van der Waals surface area contributed by atoms with Crippen LogP contribution in [-0.4, -0.2) is 39.7 Å². The first-order valence-electron chi connectivity index (χ1n) is 3.84. The third kappa shape index (κ3) is 1.54. The zero-order chi connectivity index (χ0) is 8.59. The largest absolute Gasteiger partial charge is 0.390 e. The lowest BCUT2D eigenvalue weighted by Gasteiger charge is -2.37. The summed E-state index contributed by atoms with van der Waals surface area (Å²) in [5.41, 5.74) is 5.50. The first-order chi connectivity index (χ1) is 5.04. The smallest absolute Gasteiger partial charge is 0.107 e. The fraction of sp³-hybridized carbons (Fsp3) is 1.00. The van der Waals surface area contributed by atoms with Crippen LogP contribution in [0.5, 0.6) is 0 Å². The number of hydrogen-bond donors (Lipinski definition) is 4. The van der Waals surface area contributed by atoms with Crippen molar-refractivity contribution >= 4 is 0 Å². The van der Waals surface area contributed by atoms with E-state index in [2.05, 4.69) is 0 Å². The maximum Gasteiger partial charge on any atom is 0.107 e. The van der Waals surface area contributed by atoms with Crippen molar-refractivity contribution in [2.45, 2.75) is 37.7 Å². The molecule has 0 radical (unpaired) electrons. The van der Waals surface area contributed by atoms with Crippen molar-refractivity contribution in [3.8, 4) is 0 Å². The Morgan fingerprint density at radius 2 is 1.64 bits per heavy atom. The third-order valence-corrected chi connectivity index (χ3v) is 2.37. The topological polar surface area (TPSA) is 86.7 Å². The van der Waals surface area contributed by atoms with E-state index in [-0.39, 0.29) is 5.92 Å². The predicted octanol–water partition coefficient (Wildman–Crippen LogP) is -1.56. The van der Waals surface area contributed by atoms with Crippen LogP contribution in [-0.2, 0) is 0 Å². The van der Waals surface area contributed by atoms with Gasteiger partial charge in [0.05, 0.1) is 12.2 Å². The highest BCUT2D eigenvalue weighted by molar-refractivity contribution is 4.92. The Kier molecular flexibility index (Phi) is 2.49. The predicted molar refractivity (Wildman–Crippen MR) is 39.8 cm³/mol. The fourth-order valence-corrected chi connectivity index (χ4v) is 1.50. The molecule has 66 valence electrons. The molecule has 5 N–H and O–H groups in total. The van der Waals surface area contributed by atoms with Crippen LogP contribution in [0.2, 0.25) is 0 Å². The van der Waals surface area contributed by atoms with E-state index < -0.39 is 24.4 Å². The van der Waals surface area contributed by atoms with Crippen LogP contribution in [0.1, 0.15) is 13.3 Å². The third-order valence-electron chi connectivity index (χ3n) is 2.37. The van der Waals surface area contributed by atoms with E-state index in [1.165, 1.54) is 0 Å². The monoisotopic (exact) mass is 161 g/mol. The Bertz CT molecular complexity index is 128. The van der Waals surface area contributed by atoms with Crippen molar-refractivity contribution in [1.29, 1.82) is 0 Å². The van der Waals surface area contributed by atoms with E-state index in [0.29, 0.717) is 6.42 Å². The van der Waals surface area contributed by atoms with Crippen molar-refractivity contribution in [3.63, 3.8) is 0 Å². The lowest BCUT2D eigenvalue weighted by Crippen LogP contribution is -2.55. The van der Waals surface area contributed by atoms with Crippen LogP contribution in [0.3, 0.4) is 0 Å². The second kappa shape index (κ2) is 3.06.